The second-order valence-corrected chi connectivity index (χ2v) is 4.37. The molecule has 0 rings (SSSR count). The average Bonchev–Trinajstić information content (AvgIpc) is 2.11. The van der Waals surface area contributed by atoms with Crippen molar-refractivity contribution in [2.75, 3.05) is 25.2 Å². The molecule has 1 atom stereocenters. The number of hydrogen-bond acceptors (Lipinski definition) is 3. The van der Waals surface area contributed by atoms with Crippen LogP contribution in [0.2, 0.25) is 0 Å². The summed E-state index contributed by atoms with van der Waals surface area (Å²) in [6.45, 7) is 5.44. The van der Waals surface area contributed by atoms with E-state index in [9.17, 15) is 0 Å². The van der Waals surface area contributed by atoms with E-state index in [-0.39, 0.29) is 12.1 Å². The van der Waals surface area contributed by atoms with Gasteiger partial charge in [0.15, 0.2) is 0 Å². The SMILES string of the molecule is CCCNC(C)(CO)CCSC. The highest BCUT2D eigenvalue weighted by atomic mass is 32.2. The van der Waals surface area contributed by atoms with Crippen LogP contribution in [0.4, 0.5) is 0 Å². The summed E-state index contributed by atoms with van der Waals surface area (Å²) in [6, 6.07) is 0. The standard InChI is InChI=1S/C9H21NOS/c1-4-6-10-9(2,8-11)5-7-12-3/h10-11H,4-8H2,1-3H3. The second kappa shape index (κ2) is 6.75. The normalized spacial score (nSPS) is 16.0. The first kappa shape index (κ1) is 12.3. The van der Waals surface area contributed by atoms with Gasteiger partial charge in [-0.3, -0.25) is 0 Å². The number of rotatable bonds is 7. The molecule has 0 spiro atoms. The Bertz CT molecular complexity index is 101. The molecule has 0 aromatic rings. The third-order valence-corrected chi connectivity index (χ3v) is 2.62. The number of aliphatic hydroxyl groups excluding tert-OH is 1. The first-order valence-corrected chi connectivity index (χ1v) is 5.92. The van der Waals surface area contributed by atoms with E-state index in [2.05, 4.69) is 25.4 Å². The highest BCUT2D eigenvalue weighted by Crippen LogP contribution is 2.11. The summed E-state index contributed by atoms with van der Waals surface area (Å²) in [5.41, 5.74) is -0.0704. The fourth-order valence-corrected chi connectivity index (χ4v) is 1.63. The largest absolute Gasteiger partial charge is 0.394 e. The third-order valence-electron chi connectivity index (χ3n) is 2.01. The zero-order valence-corrected chi connectivity index (χ0v) is 9.21. The molecule has 0 fully saturated rings. The van der Waals surface area contributed by atoms with Crippen LogP contribution in [0.15, 0.2) is 0 Å². The Morgan fingerprint density at radius 2 is 2.17 bits per heavy atom. The first-order chi connectivity index (χ1) is 5.68. The maximum absolute atomic E-state index is 9.17. The van der Waals surface area contributed by atoms with Crippen LogP contribution in [-0.2, 0) is 0 Å². The summed E-state index contributed by atoms with van der Waals surface area (Å²) in [7, 11) is 0. The predicted molar refractivity (Wildman–Crippen MR) is 56.8 cm³/mol. The van der Waals surface area contributed by atoms with Gasteiger partial charge in [0, 0.05) is 5.54 Å². The van der Waals surface area contributed by atoms with Crippen molar-refractivity contribution in [2.45, 2.75) is 32.2 Å². The molecule has 0 saturated heterocycles. The molecule has 2 nitrogen and oxygen atoms in total. The summed E-state index contributed by atoms with van der Waals surface area (Å²) in [5, 5.41) is 12.5. The van der Waals surface area contributed by atoms with E-state index in [0.717, 1.165) is 25.1 Å². The molecular weight excluding hydrogens is 170 g/mol. The van der Waals surface area contributed by atoms with Crippen molar-refractivity contribution >= 4 is 11.8 Å². The zero-order chi connectivity index (χ0) is 9.45. The van der Waals surface area contributed by atoms with Crippen LogP contribution in [0.3, 0.4) is 0 Å². The van der Waals surface area contributed by atoms with Crippen molar-refractivity contribution < 1.29 is 5.11 Å². The van der Waals surface area contributed by atoms with Crippen LogP contribution in [0, 0.1) is 0 Å². The average molecular weight is 191 g/mol. The molecular formula is C9H21NOS. The van der Waals surface area contributed by atoms with Gasteiger partial charge in [0.05, 0.1) is 6.61 Å². The van der Waals surface area contributed by atoms with Gasteiger partial charge in [0.1, 0.15) is 0 Å². The van der Waals surface area contributed by atoms with E-state index in [1.165, 1.54) is 0 Å². The monoisotopic (exact) mass is 191 g/mol. The smallest absolute Gasteiger partial charge is 0.0610 e. The summed E-state index contributed by atoms with van der Waals surface area (Å²) in [4.78, 5) is 0. The van der Waals surface area contributed by atoms with Gasteiger partial charge in [-0.1, -0.05) is 6.92 Å². The molecule has 0 saturated carbocycles. The molecule has 12 heavy (non-hydrogen) atoms. The van der Waals surface area contributed by atoms with Crippen molar-refractivity contribution in [2.24, 2.45) is 0 Å². The lowest BCUT2D eigenvalue weighted by molar-refractivity contribution is 0.172. The van der Waals surface area contributed by atoms with Crippen LogP contribution in [0.25, 0.3) is 0 Å². The summed E-state index contributed by atoms with van der Waals surface area (Å²) in [6.07, 6.45) is 4.25. The Balaban J connectivity index is 3.70. The molecule has 1 unspecified atom stereocenters. The Labute approximate surface area is 80.1 Å². The molecule has 0 aliphatic rings. The van der Waals surface area contributed by atoms with E-state index >= 15 is 0 Å². The molecule has 2 N–H and O–H groups in total. The van der Waals surface area contributed by atoms with Gasteiger partial charge >= 0.3 is 0 Å². The first-order valence-electron chi connectivity index (χ1n) is 4.53. The fraction of sp³-hybridized carbons (Fsp3) is 1.00. The van der Waals surface area contributed by atoms with Gasteiger partial charge < -0.3 is 10.4 Å². The summed E-state index contributed by atoms with van der Waals surface area (Å²) < 4.78 is 0. The van der Waals surface area contributed by atoms with Crippen molar-refractivity contribution in [3.8, 4) is 0 Å². The molecule has 0 aliphatic carbocycles. The quantitative estimate of drug-likeness (QED) is 0.639. The topological polar surface area (TPSA) is 32.3 Å². The Kier molecular flexibility index (Phi) is 6.90. The van der Waals surface area contributed by atoms with Crippen LogP contribution in [0.5, 0.6) is 0 Å². The van der Waals surface area contributed by atoms with Crippen LogP contribution >= 0.6 is 11.8 Å². The van der Waals surface area contributed by atoms with E-state index in [1.54, 1.807) is 0 Å². The van der Waals surface area contributed by atoms with E-state index in [0.29, 0.717) is 0 Å². The number of thioether (sulfide) groups is 1. The Morgan fingerprint density at radius 1 is 1.50 bits per heavy atom. The van der Waals surface area contributed by atoms with E-state index < -0.39 is 0 Å². The van der Waals surface area contributed by atoms with Gasteiger partial charge in [0.2, 0.25) is 0 Å². The summed E-state index contributed by atoms with van der Waals surface area (Å²) in [5.74, 6) is 1.10. The third kappa shape index (κ3) is 5.01. The van der Waals surface area contributed by atoms with E-state index in [1.807, 2.05) is 11.8 Å². The predicted octanol–water partition coefficient (Wildman–Crippen LogP) is 1.49. The number of aliphatic hydroxyl groups is 1. The number of nitrogens with one attached hydrogen (secondary N) is 1. The van der Waals surface area contributed by atoms with Crippen molar-refractivity contribution in [1.29, 1.82) is 0 Å². The summed E-state index contributed by atoms with van der Waals surface area (Å²) >= 11 is 1.83. The fourth-order valence-electron chi connectivity index (χ4n) is 0.977. The lowest BCUT2D eigenvalue weighted by Crippen LogP contribution is -2.46. The van der Waals surface area contributed by atoms with Crippen molar-refractivity contribution in [1.82, 2.24) is 5.32 Å². The minimum atomic E-state index is -0.0704. The van der Waals surface area contributed by atoms with Crippen LogP contribution < -0.4 is 5.32 Å². The molecule has 0 amide bonds. The minimum Gasteiger partial charge on any atom is -0.394 e. The Hall–Kier alpha value is 0.270. The molecule has 0 aromatic heterocycles. The van der Waals surface area contributed by atoms with E-state index in [4.69, 9.17) is 5.11 Å². The zero-order valence-electron chi connectivity index (χ0n) is 8.39. The molecule has 0 bridgehead atoms. The Morgan fingerprint density at radius 3 is 2.58 bits per heavy atom. The van der Waals surface area contributed by atoms with Crippen molar-refractivity contribution in [3.05, 3.63) is 0 Å². The van der Waals surface area contributed by atoms with Gasteiger partial charge in [-0.2, -0.15) is 11.8 Å². The number of hydrogen-bond donors (Lipinski definition) is 2. The van der Waals surface area contributed by atoms with Gasteiger partial charge in [-0.25, -0.2) is 0 Å². The van der Waals surface area contributed by atoms with Gasteiger partial charge in [-0.05, 0) is 38.3 Å². The molecule has 0 aliphatic heterocycles. The maximum Gasteiger partial charge on any atom is 0.0610 e. The van der Waals surface area contributed by atoms with Gasteiger partial charge in [-0.15, -0.1) is 0 Å². The lowest BCUT2D eigenvalue weighted by atomic mass is 10.0. The molecule has 3 heteroatoms. The minimum absolute atomic E-state index is 0.0704. The van der Waals surface area contributed by atoms with Gasteiger partial charge in [0.25, 0.3) is 0 Å². The second-order valence-electron chi connectivity index (χ2n) is 3.39. The van der Waals surface area contributed by atoms with Crippen LogP contribution in [-0.4, -0.2) is 35.8 Å². The molecule has 0 heterocycles. The lowest BCUT2D eigenvalue weighted by Gasteiger charge is -2.28. The highest BCUT2D eigenvalue weighted by Gasteiger charge is 2.20. The van der Waals surface area contributed by atoms with Crippen LogP contribution in [0.1, 0.15) is 26.7 Å². The molecule has 74 valence electrons. The molecule has 0 radical (unpaired) electrons. The molecule has 0 aromatic carbocycles. The maximum atomic E-state index is 9.17. The van der Waals surface area contributed by atoms with Crippen molar-refractivity contribution in [3.63, 3.8) is 0 Å². The highest BCUT2D eigenvalue weighted by molar-refractivity contribution is 7.98.